The lowest BCUT2D eigenvalue weighted by Gasteiger charge is -2.19. The first-order valence-electron chi connectivity index (χ1n) is 5.99. The molecular weight excluding hydrogens is 285 g/mol. The first kappa shape index (κ1) is 13.0. The number of hydrogen-bond donors (Lipinski definition) is 2. The monoisotopic (exact) mass is 301 g/mol. The molecule has 1 aromatic rings. The lowest BCUT2D eigenvalue weighted by Crippen LogP contribution is -2.33. The van der Waals surface area contributed by atoms with Gasteiger partial charge in [0.25, 0.3) is 0 Å². The second-order valence-corrected chi connectivity index (χ2v) is 5.51. The molecule has 1 aliphatic rings. The minimum atomic E-state index is -0.181. The summed E-state index contributed by atoms with van der Waals surface area (Å²) in [5.74, 6) is 0.143. The van der Waals surface area contributed by atoms with Gasteiger partial charge in [-0.25, -0.2) is 4.39 Å². The number of benzene rings is 1. The van der Waals surface area contributed by atoms with Crippen LogP contribution in [0.1, 0.15) is 24.8 Å². The van der Waals surface area contributed by atoms with Crippen LogP contribution in [0.5, 0.6) is 0 Å². The van der Waals surface area contributed by atoms with Crippen LogP contribution in [0.4, 0.5) is 4.39 Å². The molecule has 0 heterocycles. The molecule has 0 aromatic heterocycles. The Hall–Kier alpha value is -0.450. The zero-order valence-corrected chi connectivity index (χ0v) is 11.2. The molecule has 1 saturated carbocycles. The van der Waals surface area contributed by atoms with Crippen molar-refractivity contribution in [3.63, 3.8) is 0 Å². The summed E-state index contributed by atoms with van der Waals surface area (Å²) in [4.78, 5) is 0. The van der Waals surface area contributed by atoms with Gasteiger partial charge in [0.15, 0.2) is 0 Å². The van der Waals surface area contributed by atoms with E-state index in [1.807, 2.05) is 0 Å². The van der Waals surface area contributed by atoms with Crippen molar-refractivity contribution in [2.24, 2.45) is 5.92 Å². The quantitative estimate of drug-likeness (QED) is 0.896. The number of aliphatic hydroxyl groups is 1. The Kier molecular flexibility index (Phi) is 4.54. The van der Waals surface area contributed by atoms with E-state index >= 15 is 0 Å². The molecule has 1 aromatic carbocycles. The molecule has 4 heteroatoms. The van der Waals surface area contributed by atoms with E-state index in [-0.39, 0.29) is 12.4 Å². The summed E-state index contributed by atoms with van der Waals surface area (Å²) in [7, 11) is 0. The van der Waals surface area contributed by atoms with Gasteiger partial charge >= 0.3 is 0 Å². The Morgan fingerprint density at radius 3 is 3.00 bits per heavy atom. The van der Waals surface area contributed by atoms with Crippen LogP contribution in [0.2, 0.25) is 0 Å². The average Bonchev–Trinajstić information content (AvgIpc) is 2.77. The zero-order valence-electron chi connectivity index (χ0n) is 9.63. The summed E-state index contributed by atoms with van der Waals surface area (Å²) in [5, 5.41) is 12.6. The smallest absolute Gasteiger partial charge is 0.127 e. The van der Waals surface area contributed by atoms with Crippen molar-refractivity contribution in [1.29, 1.82) is 0 Å². The van der Waals surface area contributed by atoms with Gasteiger partial charge in [-0.1, -0.05) is 22.4 Å². The average molecular weight is 302 g/mol. The number of halogens is 2. The molecule has 2 unspecified atom stereocenters. The third-order valence-electron chi connectivity index (χ3n) is 3.46. The van der Waals surface area contributed by atoms with Crippen LogP contribution in [-0.2, 0) is 6.54 Å². The molecule has 0 radical (unpaired) electrons. The zero-order chi connectivity index (χ0) is 12.3. The summed E-state index contributed by atoms with van der Waals surface area (Å²) >= 11 is 3.34. The molecule has 2 rings (SSSR count). The van der Waals surface area contributed by atoms with Crippen molar-refractivity contribution in [1.82, 2.24) is 5.32 Å². The summed E-state index contributed by atoms with van der Waals surface area (Å²) in [5.41, 5.74) is 0.669. The van der Waals surface area contributed by atoms with Gasteiger partial charge in [-0.2, -0.15) is 0 Å². The van der Waals surface area contributed by atoms with Gasteiger partial charge in [0, 0.05) is 29.2 Å². The number of rotatable bonds is 4. The molecule has 17 heavy (non-hydrogen) atoms. The third-order valence-corrected chi connectivity index (χ3v) is 3.95. The predicted octanol–water partition coefficient (Wildman–Crippen LogP) is 2.84. The SMILES string of the molecule is OCC1CCCC1NCc1cc(Br)ccc1F. The molecule has 0 bridgehead atoms. The third kappa shape index (κ3) is 3.27. The van der Waals surface area contributed by atoms with Crippen molar-refractivity contribution < 1.29 is 9.50 Å². The second kappa shape index (κ2) is 5.94. The molecule has 2 nitrogen and oxygen atoms in total. The van der Waals surface area contributed by atoms with Gasteiger partial charge in [0.1, 0.15) is 5.82 Å². The molecule has 94 valence electrons. The first-order chi connectivity index (χ1) is 8.20. The molecular formula is C13H17BrFNO. The van der Waals surface area contributed by atoms with E-state index in [9.17, 15) is 9.50 Å². The summed E-state index contributed by atoms with van der Waals surface area (Å²) in [6, 6.07) is 5.29. The maximum atomic E-state index is 13.5. The highest BCUT2D eigenvalue weighted by Crippen LogP contribution is 2.25. The molecule has 2 N–H and O–H groups in total. The lowest BCUT2D eigenvalue weighted by atomic mass is 10.0. The van der Waals surface area contributed by atoms with E-state index in [0.29, 0.717) is 24.1 Å². The molecule has 0 amide bonds. The Balaban J connectivity index is 1.95. The van der Waals surface area contributed by atoms with E-state index in [4.69, 9.17) is 0 Å². The van der Waals surface area contributed by atoms with Crippen LogP contribution in [-0.4, -0.2) is 17.8 Å². The van der Waals surface area contributed by atoms with Crippen LogP contribution in [0.3, 0.4) is 0 Å². The standard InChI is InChI=1S/C13H17BrFNO/c14-11-4-5-12(15)10(6-11)7-16-13-3-1-2-9(13)8-17/h4-6,9,13,16-17H,1-3,7-8H2. The van der Waals surface area contributed by atoms with Crippen molar-refractivity contribution in [2.75, 3.05) is 6.61 Å². The Labute approximate surface area is 109 Å². The van der Waals surface area contributed by atoms with E-state index < -0.39 is 0 Å². The minimum absolute atomic E-state index is 0.181. The van der Waals surface area contributed by atoms with Gasteiger partial charge in [-0.15, -0.1) is 0 Å². The fourth-order valence-corrected chi connectivity index (χ4v) is 2.85. The van der Waals surface area contributed by atoms with Crippen LogP contribution in [0.15, 0.2) is 22.7 Å². The van der Waals surface area contributed by atoms with Crippen LogP contribution < -0.4 is 5.32 Å². The molecule has 2 atom stereocenters. The van der Waals surface area contributed by atoms with Crippen molar-refractivity contribution in [3.05, 3.63) is 34.1 Å². The Morgan fingerprint density at radius 2 is 2.24 bits per heavy atom. The van der Waals surface area contributed by atoms with E-state index in [2.05, 4.69) is 21.2 Å². The summed E-state index contributed by atoms with van der Waals surface area (Å²) in [6.45, 7) is 0.741. The molecule has 1 fully saturated rings. The normalized spacial score (nSPS) is 24.2. The molecule has 0 saturated heterocycles. The summed E-state index contributed by atoms with van der Waals surface area (Å²) in [6.07, 6.45) is 3.28. The topological polar surface area (TPSA) is 32.3 Å². The number of nitrogens with one attached hydrogen (secondary N) is 1. The Morgan fingerprint density at radius 1 is 1.41 bits per heavy atom. The lowest BCUT2D eigenvalue weighted by molar-refractivity contribution is 0.205. The fourth-order valence-electron chi connectivity index (χ4n) is 2.44. The number of hydrogen-bond acceptors (Lipinski definition) is 2. The Bertz CT molecular complexity index is 386. The van der Waals surface area contributed by atoms with Gasteiger partial charge < -0.3 is 10.4 Å². The molecule has 0 aliphatic heterocycles. The van der Waals surface area contributed by atoms with Gasteiger partial charge in [0.05, 0.1) is 0 Å². The van der Waals surface area contributed by atoms with E-state index in [1.165, 1.54) is 6.07 Å². The van der Waals surface area contributed by atoms with Crippen LogP contribution in [0, 0.1) is 11.7 Å². The van der Waals surface area contributed by atoms with Crippen molar-refractivity contribution in [3.8, 4) is 0 Å². The maximum absolute atomic E-state index is 13.5. The van der Waals surface area contributed by atoms with E-state index in [0.717, 1.165) is 23.7 Å². The van der Waals surface area contributed by atoms with Crippen LogP contribution in [0.25, 0.3) is 0 Å². The van der Waals surface area contributed by atoms with Crippen molar-refractivity contribution >= 4 is 15.9 Å². The fraction of sp³-hybridized carbons (Fsp3) is 0.538. The second-order valence-electron chi connectivity index (χ2n) is 4.60. The van der Waals surface area contributed by atoms with Crippen LogP contribution >= 0.6 is 15.9 Å². The minimum Gasteiger partial charge on any atom is -0.396 e. The highest BCUT2D eigenvalue weighted by molar-refractivity contribution is 9.10. The van der Waals surface area contributed by atoms with Crippen molar-refractivity contribution in [2.45, 2.75) is 31.8 Å². The highest BCUT2D eigenvalue weighted by Gasteiger charge is 2.26. The van der Waals surface area contributed by atoms with Gasteiger partial charge in [-0.3, -0.25) is 0 Å². The first-order valence-corrected chi connectivity index (χ1v) is 6.78. The van der Waals surface area contributed by atoms with E-state index in [1.54, 1.807) is 12.1 Å². The summed E-state index contributed by atoms with van der Waals surface area (Å²) < 4.78 is 14.4. The van der Waals surface area contributed by atoms with Gasteiger partial charge in [-0.05, 0) is 37.0 Å². The number of aliphatic hydroxyl groups excluding tert-OH is 1. The maximum Gasteiger partial charge on any atom is 0.127 e. The molecule has 1 aliphatic carbocycles. The highest BCUT2D eigenvalue weighted by atomic mass is 79.9. The molecule has 0 spiro atoms. The predicted molar refractivity (Wildman–Crippen MR) is 69.2 cm³/mol. The largest absolute Gasteiger partial charge is 0.396 e. The van der Waals surface area contributed by atoms with Gasteiger partial charge in [0.2, 0.25) is 0 Å².